The van der Waals surface area contributed by atoms with Gasteiger partial charge in [-0.15, -0.1) is 6.58 Å². The van der Waals surface area contributed by atoms with Crippen LogP contribution in [-0.2, 0) is 0 Å². The molecule has 15 heavy (non-hydrogen) atoms. The van der Waals surface area contributed by atoms with Gasteiger partial charge in [-0.3, -0.25) is 10.1 Å². The molecule has 1 aromatic rings. The van der Waals surface area contributed by atoms with Gasteiger partial charge in [0.05, 0.1) is 4.92 Å². The summed E-state index contributed by atoms with van der Waals surface area (Å²) >= 11 is 0. The van der Waals surface area contributed by atoms with E-state index in [2.05, 4.69) is 16.9 Å². The minimum Gasteiger partial charge on any atom is -0.367 e. The number of nitro groups is 1. The standard InChI is InChI=1S/C9H8N4O2/c1-2-5-11-9-4-3-8(13(14)15)7(6-10)12-9/h2-4H,1,5H2,(H,11,12). The number of hydrogen-bond acceptors (Lipinski definition) is 5. The van der Waals surface area contributed by atoms with Crippen molar-refractivity contribution in [3.8, 4) is 6.07 Å². The molecule has 1 aromatic heterocycles. The average Bonchev–Trinajstić information content (AvgIpc) is 2.25. The first-order valence-electron chi connectivity index (χ1n) is 4.09. The Labute approximate surface area is 86.0 Å². The summed E-state index contributed by atoms with van der Waals surface area (Å²) in [5.74, 6) is 0.414. The lowest BCUT2D eigenvalue weighted by atomic mass is 10.3. The van der Waals surface area contributed by atoms with Gasteiger partial charge in [-0.25, -0.2) is 4.98 Å². The van der Waals surface area contributed by atoms with E-state index in [9.17, 15) is 10.1 Å². The van der Waals surface area contributed by atoms with Crippen LogP contribution in [0.25, 0.3) is 0 Å². The Morgan fingerprint density at radius 2 is 2.47 bits per heavy atom. The second-order valence-corrected chi connectivity index (χ2v) is 2.60. The molecule has 0 aromatic carbocycles. The Morgan fingerprint density at radius 3 is 3.00 bits per heavy atom. The van der Waals surface area contributed by atoms with Gasteiger partial charge in [-0.05, 0) is 6.07 Å². The van der Waals surface area contributed by atoms with Crippen molar-refractivity contribution in [2.24, 2.45) is 0 Å². The number of aromatic nitrogens is 1. The lowest BCUT2D eigenvalue weighted by Crippen LogP contribution is -2.03. The summed E-state index contributed by atoms with van der Waals surface area (Å²) in [6.07, 6.45) is 1.62. The quantitative estimate of drug-likeness (QED) is 0.455. The lowest BCUT2D eigenvalue weighted by Gasteiger charge is -2.01. The molecule has 0 radical (unpaired) electrons. The summed E-state index contributed by atoms with van der Waals surface area (Å²) in [5, 5.41) is 22.0. The smallest absolute Gasteiger partial charge is 0.305 e. The van der Waals surface area contributed by atoms with Crippen molar-refractivity contribution >= 4 is 11.5 Å². The van der Waals surface area contributed by atoms with Gasteiger partial charge < -0.3 is 5.32 Å². The highest BCUT2D eigenvalue weighted by Gasteiger charge is 2.14. The van der Waals surface area contributed by atoms with Gasteiger partial charge in [-0.1, -0.05) is 6.08 Å². The van der Waals surface area contributed by atoms with E-state index in [4.69, 9.17) is 5.26 Å². The van der Waals surface area contributed by atoms with E-state index in [1.807, 2.05) is 0 Å². The van der Waals surface area contributed by atoms with Crippen LogP contribution in [0.2, 0.25) is 0 Å². The molecule has 0 unspecified atom stereocenters. The zero-order chi connectivity index (χ0) is 11.3. The number of nitriles is 1. The fraction of sp³-hybridized carbons (Fsp3) is 0.111. The zero-order valence-electron chi connectivity index (χ0n) is 7.80. The maximum Gasteiger partial charge on any atom is 0.305 e. The van der Waals surface area contributed by atoms with Crippen LogP contribution < -0.4 is 5.32 Å². The van der Waals surface area contributed by atoms with Crippen molar-refractivity contribution in [1.29, 1.82) is 5.26 Å². The van der Waals surface area contributed by atoms with Crippen molar-refractivity contribution in [2.75, 3.05) is 11.9 Å². The Kier molecular flexibility index (Phi) is 3.35. The number of hydrogen-bond donors (Lipinski definition) is 1. The molecular formula is C9H8N4O2. The molecule has 6 nitrogen and oxygen atoms in total. The highest BCUT2D eigenvalue weighted by Crippen LogP contribution is 2.17. The summed E-state index contributed by atoms with van der Waals surface area (Å²) < 4.78 is 0. The van der Waals surface area contributed by atoms with E-state index >= 15 is 0 Å². The fourth-order valence-corrected chi connectivity index (χ4v) is 0.957. The minimum atomic E-state index is -0.636. The van der Waals surface area contributed by atoms with Gasteiger partial charge in [0.15, 0.2) is 0 Å². The summed E-state index contributed by atoms with van der Waals surface area (Å²) in [7, 11) is 0. The third-order valence-electron chi connectivity index (χ3n) is 1.60. The Morgan fingerprint density at radius 1 is 1.73 bits per heavy atom. The van der Waals surface area contributed by atoms with Gasteiger partial charge in [0.1, 0.15) is 11.9 Å². The van der Waals surface area contributed by atoms with E-state index in [-0.39, 0.29) is 11.4 Å². The Bertz CT molecular complexity index is 436. The van der Waals surface area contributed by atoms with Crippen molar-refractivity contribution < 1.29 is 4.92 Å². The molecule has 0 saturated carbocycles. The Hall–Kier alpha value is -2.42. The molecule has 6 heteroatoms. The number of pyridine rings is 1. The second kappa shape index (κ2) is 4.72. The number of rotatable bonds is 4. The van der Waals surface area contributed by atoms with Gasteiger partial charge in [0, 0.05) is 12.6 Å². The molecule has 0 saturated heterocycles. The molecule has 0 aliphatic carbocycles. The molecule has 76 valence electrons. The van der Waals surface area contributed by atoms with Crippen LogP contribution in [0.5, 0.6) is 0 Å². The van der Waals surface area contributed by atoms with E-state index in [1.165, 1.54) is 12.1 Å². The van der Waals surface area contributed by atoms with E-state index < -0.39 is 4.92 Å². The van der Waals surface area contributed by atoms with Crippen molar-refractivity contribution in [3.63, 3.8) is 0 Å². The molecule has 1 N–H and O–H groups in total. The SMILES string of the molecule is C=CCNc1ccc([N+](=O)[O-])c(C#N)n1. The third-order valence-corrected chi connectivity index (χ3v) is 1.60. The molecule has 1 heterocycles. The molecule has 0 spiro atoms. The minimum absolute atomic E-state index is 0.200. The van der Waals surface area contributed by atoms with Crippen LogP contribution in [-0.4, -0.2) is 16.5 Å². The second-order valence-electron chi connectivity index (χ2n) is 2.60. The van der Waals surface area contributed by atoms with E-state index in [0.717, 1.165) is 0 Å². The summed E-state index contributed by atoms with van der Waals surface area (Å²) in [5.41, 5.74) is -0.490. The normalized spacial score (nSPS) is 9.00. The highest BCUT2D eigenvalue weighted by atomic mass is 16.6. The van der Waals surface area contributed by atoms with E-state index in [1.54, 1.807) is 12.1 Å². The molecule has 0 fully saturated rings. The molecule has 0 bridgehead atoms. The molecular weight excluding hydrogens is 196 g/mol. The third kappa shape index (κ3) is 2.51. The molecule has 0 atom stereocenters. The Balaban J connectivity index is 3.03. The van der Waals surface area contributed by atoms with Gasteiger partial charge in [0.25, 0.3) is 0 Å². The summed E-state index contributed by atoms with van der Waals surface area (Å²) in [6, 6.07) is 4.37. The monoisotopic (exact) mass is 204 g/mol. The maximum absolute atomic E-state index is 10.5. The first kappa shape index (κ1) is 10.7. The average molecular weight is 204 g/mol. The first-order chi connectivity index (χ1) is 7.19. The summed E-state index contributed by atoms with van der Waals surface area (Å²) in [4.78, 5) is 13.6. The predicted octanol–water partition coefficient (Wildman–Crippen LogP) is 1.46. The van der Waals surface area contributed by atoms with Crippen molar-refractivity contribution in [2.45, 2.75) is 0 Å². The van der Waals surface area contributed by atoms with Crippen LogP contribution in [0, 0.1) is 21.4 Å². The molecule has 0 amide bonds. The van der Waals surface area contributed by atoms with Crippen LogP contribution >= 0.6 is 0 Å². The topological polar surface area (TPSA) is 91.9 Å². The van der Waals surface area contributed by atoms with Crippen LogP contribution in [0.4, 0.5) is 11.5 Å². The fourth-order valence-electron chi connectivity index (χ4n) is 0.957. The number of nitrogens with zero attached hydrogens (tertiary/aromatic N) is 3. The lowest BCUT2D eigenvalue weighted by molar-refractivity contribution is -0.385. The molecule has 0 aliphatic rings. The largest absolute Gasteiger partial charge is 0.367 e. The van der Waals surface area contributed by atoms with E-state index in [0.29, 0.717) is 12.4 Å². The molecule has 0 aliphatic heterocycles. The first-order valence-corrected chi connectivity index (χ1v) is 4.09. The highest BCUT2D eigenvalue weighted by molar-refractivity contribution is 5.50. The van der Waals surface area contributed by atoms with Crippen LogP contribution in [0.1, 0.15) is 5.69 Å². The van der Waals surface area contributed by atoms with Crippen LogP contribution in [0.3, 0.4) is 0 Å². The van der Waals surface area contributed by atoms with Crippen LogP contribution in [0.15, 0.2) is 24.8 Å². The van der Waals surface area contributed by atoms with Gasteiger partial charge in [0.2, 0.25) is 5.69 Å². The van der Waals surface area contributed by atoms with Crippen molar-refractivity contribution in [1.82, 2.24) is 4.98 Å². The van der Waals surface area contributed by atoms with Gasteiger partial charge in [-0.2, -0.15) is 5.26 Å². The number of anilines is 1. The number of nitrogens with one attached hydrogen (secondary N) is 1. The predicted molar refractivity (Wildman–Crippen MR) is 54.3 cm³/mol. The summed E-state index contributed by atoms with van der Waals surface area (Å²) in [6.45, 7) is 3.98. The molecule has 1 rings (SSSR count). The van der Waals surface area contributed by atoms with Gasteiger partial charge >= 0.3 is 5.69 Å². The van der Waals surface area contributed by atoms with Crippen molar-refractivity contribution in [3.05, 3.63) is 40.6 Å². The maximum atomic E-state index is 10.5. The zero-order valence-corrected chi connectivity index (χ0v) is 7.80.